The third kappa shape index (κ3) is 5.98. The smallest absolute Gasteiger partial charge is 1.00 e. The molecule has 0 unspecified atom stereocenters. The first kappa shape index (κ1) is 23.9. The fourth-order valence-corrected chi connectivity index (χ4v) is 16.3. The van der Waals surface area contributed by atoms with Gasteiger partial charge < -0.3 is 24.8 Å². The molecule has 1 aromatic rings. The maximum atomic E-state index is 12.9. The summed E-state index contributed by atoms with van der Waals surface area (Å²) in [6.07, 6.45) is 7.66. The van der Waals surface area contributed by atoms with E-state index in [4.69, 9.17) is 0 Å². The summed E-state index contributed by atoms with van der Waals surface area (Å²) >= 11 is -1.97. The van der Waals surface area contributed by atoms with Crippen molar-refractivity contribution in [2.24, 2.45) is 0 Å². The topological polar surface area (TPSA) is 29.1 Å². The van der Waals surface area contributed by atoms with Crippen LogP contribution in [0.15, 0.2) is 45.8 Å². The van der Waals surface area contributed by atoms with Gasteiger partial charge in [-0.15, -0.1) is 0 Å². The minimum atomic E-state index is -1.97. The summed E-state index contributed by atoms with van der Waals surface area (Å²) < 4.78 is 5.05. The first-order valence-electron chi connectivity index (χ1n) is 7.94. The van der Waals surface area contributed by atoms with E-state index in [1.165, 1.54) is 0 Å². The molecule has 1 aromatic carbocycles. The molecular weight excluding hydrogens is 436 g/mol. The van der Waals surface area contributed by atoms with Crippen molar-refractivity contribution in [1.29, 1.82) is 0 Å². The minimum absolute atomic E-state index is 0. The molecule has 1 aliphatic rings. The van der Waals surface area contributed by atoms with E-state index in [2.05, 4.69) is 61.4 Å². The zero-order valence-electron chi connectivity index (χ0n) is 15.0. The molecule has 0 aromatic heterocycles. The summed E-state index contributed by atoms with van der Waals surface area (Å²) in [6, 6.07) is 8.05. The van der Waals surface area contributed by atoms with E-state index in [1.54, 1.807) is 3.28 Å². The Bertz CT molecular complexity index is 624. The molecule has 6 heteroatoms. The molecule has 0 aliphatic heterocycles. The summed E-state index contributed by atoms with van der Waals surface area (Å²) in [5.74, 6) is -0.672. The van der Waals surface area contributed by atoms with Gasteiger partial charge in [0.2, 0.25) is 0 Å². The Morgan fingerprint density at radius 2 is 1.79 bits per heavy atom. The largest absolute Gasteiger partial charge is 1.00 e. The van der Waals surface area contributed by atoms with E-state index >= 15 is 0 Å². The predicted molar refractivity (Wildman–Crippen MR) is 93.3 cm³/mol. The van der Waals surface area contributed by atoms with Crippen LogP contribution in [0, 0.1) is 0 Å². The number of benzene rings is 1. The van der Waals surface area contributed by atoms with Crippen molar-refractivity contribution in [1.82, 2.24) is 3.26 Å². The zero-order valence-corrected chi connectivity index (χ0v) is 20.1. The van der Waals surface area contributed by atoms with Crippen molar-refractivity contribution < 1.29 is 50.8 Å². The van der Waals surface area contributed by atoms with Crippen molar-refractivity contribution in [2.75, 3.05) is 0 Å². The third-order valence-corrected chi connectivity index (χ3v) is 20.5. The van der Waals surface area contributed by atoms with Crippen molar-refractivity contribution in [3.05, 3.63) is 56.9 Å². The molecule has 2 rings (SSSR count). The number of nitrogens with one attached hydrogen (secondary N) is 1. The number of carbonyl (C=O) groups is 1. The zero-order chi connectivity index (χ0) is 16.3. The van der Waals surface area contributed by atoms with Gasteiger partial charge in [-0.2, -0.15) is 0 Å². The SMILES string of the molecule is C[SiH](C)[Zr+2]([NH]C(=O)c1ccccc1C(C)(C)C)[C]1=CC=CC1.[Cl-].[Cl-]. The van der Waals surface area contributed by atoms with Gasteiger partial charge in [-0.3, -0.25) is 0 Å². The third-order valence-electron chi connectivity index (χ3n) is 3.92. The van der Waals surface area contributed by atoms with Crippen LogP contribution in [0.25, 0.3) is 0 Å². The van der Waals surface area contributed by atoms with Gasteiger partial charge in [0.1, 0.15) is 0 Å². The molecule has 24 heavy (non-hydrogen) atoms. The summed E-state index contributed by atoms with van der Waals surface area (Å²) in [5.41, 5.74) is 1.98. The second-order valence-electron chi connectivity index (χ2n) is 7.14. The van der Waals surface area contributed by atoms with Gasteiger partial charge in [-0.25, -0.2) is 0 Å². The van der Waals surface area contributed by atoms with Crippen molar-refractivity contribution >= 4 is 11.8 Å². The Morgan fingerprint density at radius 1 is 1.17 bits per heavy atom. The van der Waals surface area contributed by atoms with Gasteiger partial charge in [0.25, 0.3) is 0 Å². The van der Waals surface area contributed by atoms with E-state index < -0.39 is 27.1 Å². The van der Waals surface area contributed by atoms with Gasteiger partial charge in [-0.1, -0.05) is 0 Å². The van der Waals surface area contributed by atoms with Crippen molar-refractivity contribution in [3.8, 4) is 0 Å². The molecule has 0 radical (unpaired) electrons. The summed E-state index contributed by atoms with van der Waals surface area (Å²) in [4.78, 5) is 12.9. The molecule has 1 aliphatic carbocycles. The monoisotopic (exact) mass is 460 g/mol. The fraction of sp³-hybridized carbons (Fsp3) is 0.389. The standard InChI is InChI=1S/C11H15NO.C5H5.C2H7Si.2ClH.Zr/c1-11(2,3)9-7-5-4-6-8(9)10(12)13;1-2-4-5-3-1;1-3-2;;;/h4-7H,1-3H3,(H2,12,13);1-3H,4H2;3H,1-2H3;2*1H;/q;;;;;+3/p-3. The number of rotatable bonds is 4. The van der Waals surface area contributed by atoms with Crippen LogP contribution in [0.1, 0.15) is 43.1 Å². The number of allylic oxidation sites excluding steroid dienone is 4. The molecular formula is C18H26Cl2NOSiZr. The molecule has 0 bridgehead atoms. The van der Waals surface area contributed by atoms with E-state index in [-0.39, 0.29) is 36.1 Å². The van der Waals surface area contributed by atoms with E-state index in [0.717, 1.165) is 17.5 Å². The van der Waals surface area contributed by atoms with Gasteiger partial charge in [0.15, 0.2) is 0 Å². The van der Waals surface area contributed by atoms with Gasteiger partial charge in [0, 0.05) is 0 Å². The van der Waals surface area contributed by atoms with Gasteiger partial charge >= 0.3 is 144 Å². The quantitative estimate of drug-likeness (QED) is 0.520. The molecule has 131 valence electrons. The molecule has 0 spiro atoms. The minimum Gasteiger partial charge on any atom is -1.00 e. The van der Waals surface area contributed by atoms with Crippen LogP contribution in [-0.2, 0) is 26.6 Å². The summed E-state index contributed by atoms with van der Waals surface area (Å²) in [5, 5.41) is 0. The summed E-state index contributed by atoms with van der Waals surface area (Å²) in [6.45, 7) is 11.3. The normalized spacial score (nSPS) is 13.0. The Kier molecular flexibility index (Phi) is 10.0. The molecule has 0 saturated heterocycles. The first-order valence-corrected chi connectivity index (χ1v) is 17.5. The molecule has 1 N–H and O–H groups in total. The Morgan fingerprint density at radius 3 is 2.29 bits per heavy atom. The van der Waals surface area contributed by atoms with E-state index in [9.17, 15) is 4.79 Å². The van der Waals surface area contributed by atoms with Gasteiger partial charge in [0.05, 0.1) is 0 Å². The van der Waals surface area contributed by atoms with E-state index in [1.807, 2.05) is 18.2 Å². The molecule has 1 amide bonds. The Balaban J connectivity index is 0.00000264. The second kappa shape index (κ2) is 10.1. The fourth-order valence-electron chi connectivity index (χ4n) is 2.77. The van der Waals surface area contributed by atoms with Crippen LogP contribution in [0.4, 0.5) is 0 Å². The number of carbonyl (C=O) groups excluding carboxylic acids is 1. The average Bonchev–Trinajstić information content (AvgIpc) is 2.97. The Hall–Kier alpha value is -0.150. The maximum absolute atomic E-state index is 12.9. The van der Waals surface area contributed by atoms with Crippen LogP contribution in [0.5, 0.6) is 0 Å². The van der Waals surface area contributed by atoms with Crippen LogP contribution < -0.4 is 28.1 Å². The molecule has 0 atom stereocenters. The molecule has 2 nitrogen and oxygen atoms in total. The number of halogens is 2. The average molecular weight is 463 g/mol. The van der Waals surface area contributed by atoms with Crippen LogP contribution in [-0.4, -0.2) is 11.8 Å². The molecule has 0 saturated carbocycles. The van der Waals surface area contributed by atoms with Crippen molar-refractivity contribution in [3.63, 3.8) is 0 Å². The maximum Gasteiger partial charge on any atom is -1.00 e. The summed E-state index contributed by atoms with van der Waals surface area (Å²) in [7, 11) is 0. The van der Waals surface area contributed by atoms with Crippen LogP contribution in [0.2, 0.25) is 13.1 Å². The van der Waals surface area contributed by atoms with E-state index in [0.29, 0.717) is 0 Å². The first-order chi connectivity index (χ1) is 10.3. The predicted octanol–water partition coefficient (Wildman–Crippen LogP) is -1.92. The Labute approximate surface area is 167 Å². The van der Waals surface area contributed by atoms with Crippen LogP contribution >= 0.6 is 0 Å². The molecule has 0 heterocycles. The number of hydrogen-bond acceptors (Lipinski definition) is 1. The molecule has 0 fully saturated rings. The van der Waals surface area contributed by atoms with Crippen LogP contribution in [0.3, 0.4) is 0 Å². The van der Waals surface area contributed by atoms with Gasteiger partial charge in [-0.05, 0) is 0 Å². The number of amides is 1. The van der Waals surface area contributed by atoms with Crippen molar-refractivity contribution in [2.45, 2.75) is 45.7 Å². The number of hydrogen-bond donors (Lipinski definition) is 1. The second-order valence-corrected chi connectivity index (χ2v) is 25.6.